The van der Waals surface area contributed by atoms with Crippen LogP contribution in [0.1, 0.15) is 40.9 Å². The van der Waals surface area contributed by atoms with Crippen LogP contribution in [0.2, 0.25) is 0 Å². The normalized spacial score (nSPS) is 18.7. The van der Waals surface area contributed by atoms with Crippen molar-refractivity contribution in [3.63, 3.8) is 0 Å². The zero-order chi connectivity index (χ0) is 19.7. The molecule has 0 aliphatic heterocycles. The SMILES string of the molecule is Cc1cc(-c2cc(C3CC3c3ccc4nccn4c3)nn2C)nn2c(C)nnc12. The Morgan fingerprint density at radius 2 is 1.93 bits per heavy atom. The van der Waals surface area contributed by atoms with Crippen LogP contribution in [0.15, 0.2) is 42.9 Å². The highest BCUT2D eigenvalue weighted by Crippen LogP contribution is 2.54. The first-order chi connectivity index (χ1) is 14.1. The molecule has 29 heavy (non-hydrogen) atoms. The minimum absolute atomic E-state index is 0.442. The topological polar surface area (TPSA) is 78.2 Å². The van der Waals surface area contributed by atoms with Crippen LogP contribution < -0.4 is 0 Å². The standard InChI is InChI=1S/C21H20N8/c1-12-8-18(26-29-13(2)23-24-21(12)29)19-10-17(25-27(19)3)16-9-15(16)14-4-5-20-22-6-7-28(20)11-14/h4-8,10-11,15-16H,9H2,1-3H3. The zero-order valence-corrected chi connectivity index (χ0v) is 16.5. The van der Waals surface area contributed by atoms with Crippen LogP contribution in [0.25, 0.3) is 22.7 Å². The van der Waals surface area contributed by atoms with Gasteiger partial charge in [0.25, 0.3) is 0 Å². The molecule has 0 bridgehead atoms. The predicted octanol–water partition coefficient (Wildman–Crippen LogP) is 3.06. The highest BCUT2D eigenvalue weighted by Gasteiger charge is 2.41. The van der Waals surface area contributed by atoms with E-state index in [1.54, 1.807) is 4.52 Å². The van der Waals surface area contributed by atoms with Gasteiger partial charge in [-0.2, -0.15) is 14.7 Å². The average molecular weight is 384 g/mol. The number of pyridine rings is 1. The van der Waals surface area contributed by atoms with E-state index < -0.39 is 0 Å². The van der Waals surface area contributed by atoms with Crippen molar-refractivity contribution < 1.29 is 0 Å². The first-order valence-corrected chi connectivity index (χ1v) is 9.75. The van der Waals surface area contributed by atoms with Gasteiger partial charge in [0.2, 0.25) is 0 Å². The number of rotatable bonds is 3. The van der Waals surface area contributed by atoms with Crippen molar-refractivity contribution in [3.05, 3.63) is 65.5 Å². The van der Waals surface area contributed by atoms with Gasteiger partial charge in [0.15, 0.2) is 11.5 Å². The van der Waals surface area contributed by atoms with Gasteiger partial charge in [-0.15, -0.1) is 10.2 Å². The molecule has 5 aromatic rings. The van der Waals surface area contributed by atoms with Crippen LogP contribution in [0.4, 0.5) is 0 Å². The summed E-state index contributed by atoms with van der Waals surface area (Å²) >= 11 is 0. The molecule has 5 aromatic heterocycles. The number of aryl methyl sites for hydroxylation is 3. The molecule has 1 aliphatic carbocycles. The Morgan fingerprint density at radius 3 is 2.83 bits per heavy atom. The molecular weight excluding hydrogens is 364 g/mol. The van der Waals surface area contributed by atoms with E-state index in [0.29, 0.717) is 11.8 Å². The summed E-state index contributed by atoms with van der Waals surface area (Å²) in [7, 11) is 1.98. The zero-order valence-electron chi connectivity index (χ0n) is 16.5. The van der Waals surface area contributed by atoms with Gasteiger partial charge < -0.3 is 4.40 Å². The third-order valence-corrected chi connectivity index (χ3v) is 5.88. The van der Waals surface area contributed by atoms with Gasteiger partial charge in [-0.1, -0.05) is 6.07 Å². The lowest BCUT2D eigenvalue weighted by atomic mass is 10.1. The molecule has 0 radical (unpaired) electrons. The van der Waals surface area contributed by atoms with Crippen molar-refractivity contribution >= 4 is 11.3 Å². The van der Waals surface area contributed by atoms with E-state index >= 15 is 0 Å². The Kier molecular flexibility index (Phi) is 3.24. The van der Waals surface area contributed by atoms with E-state index in [-0.39, 0.29) is 0 Å². The number of nitrogens with zero attached hydrogens (tertiary/aromatic N) is 8. The number of aromatic nitrogens is 8. The maximum Gasteiger partial charge on any atom is 0.180 e. The van der Waals surface area contributed by atoms with Crippen LogP contribution in [0.5, 0.6) is 0 Å². The summed E-state index contributed by atoms with van der Waals surface area (Å²) in [5.41, 5.74) is 7.18. The molecule has 2 unspecified atom stereocenters. The first kappa shape index (κ1) is 16.4. The third kappa shape index (κ3) is 2.48. The second kappa shape index (κ2) is 5.73. The van der Waals surface area contributed by atoms with E-state index in [1.807, 2.05) is 38.0 Å². The summed E-state index contributed by atoms with van der Waals surface area (Å²) in [4.78, 5) is 4.33. The Balaban J connectivity index is 1.34. The van der Waals surface area contributed by atoms with Gasteiger partial charge in [0, 0.05) is 31.6 Å². The number of hydrogen-bond donors (Lipinski definition) is 0. The van der Waals surface area contributed by atoms with Crippen molar-refractivity contribution in [3.8, 4) is 11.4 Å². The third-order valence-electron chi connectivity index (χ3n) is 5.88. The lowest BCUT2D eigenvalue weighted by Gasteiger charge is -2.04. The summed E-state index contributed by atoms with van der Waals surface area (Å²) in [6, 6.07) is 8.50. The lowest BCUT2D eigenvalue weighted by Crippen LogP contribution is -2.02. The van der Waals surface area contributed by atoms with Crippen LogP contribution >= 0.6 is 0 Å². The molecule has 0 aromatic carbocycles. The second-order valence-corrected chi connectivity index (χ2v) is 7.88. The molecule has 6 rings (SSSR count). The highest BCUT2D eigenvalue weighted by atomic mass is 15.4. The number of imidazole rings is 1. The fourth-order valence-electron chi connectivity index (χ4n) is 4.21. The summed E-state index contributed by atoms with van der Waals surface area (Å²) in [5, 5.41) is 17.9. The Labute approximate surface area is 166 Å². The first-order valence-electron chi connectivity index (χ1n) is 9.75. The molecule has 0 amide bonds. The Bertz CT molecular complexity index is 1390. The van der Waals surface area contributed by atoms with Gasteiger partial charge in [0.05, 0.1) is 11.4 Å². The van der Waals surface area contributed by atoms with Crippen LogP contribution in [0, 0.1) is 13.8 Å². The van der Waals surface area contributed by atoms with Crippen molar-refractivity contribution in [2.24, 2.45) is 7.05 Å². The molecular formula is C21H20N8. The van der Waals surface area contributed by atoms with E-state index in [0.717, 1.165) is 46.2 Å². The molecule has 0 saturated heterocycles. The summed E-state index contributed by atoms with van der Waals surface area (Å²) in [5.74, 6) is 1.73. The minimum Gasteiger partial charge on any atom is -0.307 e. The monoisotopic (exact) mass is 384 g/mol. The Hall–Kier alpha value is -3.55. The maximum atomic E-state index is 4.81. The average Bonchev–Trinajstić information content (AvgIpc) is 3.01. The molecule has 1 fully saturated rings. The minimum atomic E-state index is 0.442. The van der Waals surface area contributed by atoms with E-state index in [2.05, 4.69) is 50.0 Å². The fourth-order valence-corrected chi connectivity index (χ4v) is 4.21. The molecule has 2 atom stereocenters. The smallest absolute Gasteiger partial charge is 0.180 e. The molecule has 1 saturated carbocycles. The number of hydrogen-bond acceptors (Lipinski definition) is 5. The highest BCUT2D eigenvalue weighted by molar-refractivity contribution is 5.60. The second-order valence-electron chi connectivity index (χ2n) is 7.88. The lowest BCUT2D eigenvalue weighted by molar-refractivity contribution is 0.741. The van der Waals surface area contributed by atoms with Crippen LogP contribution in [0.3, 0.4) is 0 Å². The maximum absolute atomic E-state index is 4.81. The molecule has 1 aliphatic rings. The van der Waals surface area contributed by atoms with Gasteiger partial charge >= 0.3 is 0 Å². The van der Waals surface area contributed by atoms with Crippen molar-refractivity contribution in [2.45, 2.75) is 32.1 Å². The quantitative estimate of drug-likeness (QED) is 0.478. The van der Waals surface area contributed by atoms with Crippen LogP contribution in [-0.4, -0.2) is 39.0 Å². The van der Waals surface area contributed by atoms with Gasteiger partial charge in [-0.25, -0.2) is 4.98 Å². The van der Waals surface area contributed by atoms with Crippen molar-refractivity contribution in [1.29, 1.82) is 0 Å². The van der Waals surface area contributed by atoms with Crippen LogP contribution in [-0.2, 0) is 7.05 Å². The molecule has 0 N–H and O–H groups in total. The summed E-state index contributed by atoms with van der Waals surface area (Å²) < 4.78 is 5.81. The van der Waals surface area contributed by atoms with E-state index in [1.165, 1.54) is 5.56 Å². The molecule has 0 spiro atoms. The van der Waals surface area contributed by atoms with Crippen molar-refractivity contribution in [2.75, 3.05) is 0 Å². The van der Waals surface area contributed by atoms with E-state index in [9.17, 15) is 0 Å². The van der Waals surface area contributed by atoms with E-state index in [4.69, 9.17) is 10.2 Å². The molecule has 5 heterocycles. The summed E-state index contributed by atoms with van der Waals surface area (Å²) in [6.45, 7) is 3.95. The van der Waals surface area contributed by atoms with Crippen molar-refractivity contribution in [1.82, 2.24) is 39.0 Å². The molecule has 144 valence electrons. The van der Waals surface area contributed by atoms with Gasteiger partial charge in [-0.05, 0) is 55.5 Å². The van der Waals surface area contributed by atoms with Gasteiger partial charge in [-0.3, -0.25) is 4.68 Å². The fraction of sp³-hybridized carbons (Fsp3) is 0.286. The number of fused-ring (bicyclic) bond motifs is 2. The summed E-state index contributed by atoms with van der Waals surface area (Å²) in [6.07, 6.45) is 7.13. The Morgan fingerprint density at radius 1 is 1.03 bits per heavy atom. The molecule has 8 heteroatoms. The van der Waals surface area contributed by atoms with Gasteiger partial charge in [0.1, 0.15) is 11.3 Å². The molecule has 8 nitrogen and oxygen atoms in total. The predicted molar refractivity (Wildman–Crippen MR) is 108 cm³/mol. The largest absolute Gasteiger partial charge is 0.307 e.